The molecule has 0 amide bonds. The van der Waals surface area contributed by atoms with Crippen molar-refractivity contribution in [2.24, 2.45) is 5.92 Å². The fourth-order valence-electron chi connectivity index (χ4n) is 1.42. The van der Waals surface area contributed by atoms with Gasteiger partial charge in [-0.15, -0.1) is 0 Å². The zero-order chi connectivity index (χ0) is 11.7. The van der Waals surface area contributed by atoms with E-state index in [2.05, 4.69) is 38.3 Å². The molecule has 1 unspecified atom stereocenters. The van der Waals surface area contributed by atoms with Crippen LogP contribution in [0.15, 0.2) is 0 Å². The summed E-state index contributed by atoms with van der Waals surface area (Å²) in [5.74, 6) is 0.808. The van der Waals surface area contributed by atoms with Crippen molar-refractivity contribution in [1.29, 1.82) is 0 Å². The Morgan fingerprint density at radius 1 is 1.20 bits per heavy atom. The van der Waals surface area contributed by atoms with E-state index in [4.69, 9.17) is 12.2 Å². The maximum Gasteiger partial charge on any atom is 0.166 e. The van der Waals surface area contributed by atoms with Gasteiger partial charge in [0, 0.05) is 12.6 Å². The van der Waals surface area contributed by atoms with Gasteiger partial charge in [0.1, 0.15) is 0 Å². The van der Waals surface area contributed by atoms with Crippen molar-refractivity contribution in [3.63, 3.8) is 0 Å². The number of rotatable bonds is 7. The summed E-state index contributed by atoms with van der Waals surface area (Å²) in [6.45, 7) is 9.84. The molecule has 0 aromatic heterocycles. The molecule has 0 saturated carbocycles. The number of hydrogen-bond donors (Lipinski definition) is 2. The van der Waals surface area contributed by atoms with Crippen LogP contribution < -0.4 is 10.6 Å². The standard InChI is InChI=1S/C12H26N2S/c1-5-9-13-12(15)14-11(4)8-6-7-10(2)3/h10-11H,5-9H2,1-4H3,(H2,13,14,15). The predicted octanol–water partition coefficient (Wildman–Crippen LogP) is 3.08. The summed E-state index contributed by atoms with van der Waals surface area (Å²) in [7, 11) is 0. The minimum Gasteiger partial charge on any atom is -0.363 e. The van der Waals surface area contributed by atoms with Crippen molar-refractivity contribution in [1.82, 2.24) is 10.6 Å². The van der Waals surface area contributed by atoms with Gasteiger partial charge in [-0.25, -0.2) is 0 Å². The summed E-state index contributed by atoms with van der Waals surface area (Å²) in [4.78, 5) is 0. The van der Waals surface area contributed by atoms with Crippen LogP contribution in [0.1, 0.15) is 53.4 Å². The lowest BCUT2D eigenvalue weighted by molar-refractivity contribution is 0.493. The quantitative estimate of drug-likeness (QED) is 0.657. The molecule has 0 bridgehead atoms. The van der Waals surface area contributed by atoms with Crippen LogP contribution in [0.25, 0.3) is 0 Å². The molecule has 0 radical (unpaired) electrons. The van der Waals surface area contributed by atoms with E-state index in [0.717, 1.165) is 24.0 Å². The van der Waals surface area contributed by atoms with Crippen molar-refractivity contribution >= 4 is 17.3 Å². The zero-order valence-electron chi connectivity index (χ0n) is 10.6. The Hall–Kier alpha value is -0.310. The van der Waals surface area contributed by atoms with Crippen molar-refractivity contribution in [3.8, 4) is 0 Å². The summed E-state index contributed by atoms with van der Waals surface area (Å²) >= 11 is 5.18. The molecular formula is C12H26N2S. The topological polar surface area (TPSA) is 24.1 Å². The van der Waals surface area contributed by atoms with Gasteiger partial charge in [0.2, 0.25) is 0 Å². The van der Waals surface area contributed by atoms with Crippen LogP contribution in [0, 0.1) is 5.92 Å². The second kappa shape index (κ2) is 8.96. The van der Waals surface area contributed by atoms with Gasteiger partial charge in [0.25, 0.3) is 0 Å². The third-order valence-electron chi connectivity index (χ3n) is 2.33. The minimum absolute atomic E-state index is 0.487. The van der Waals surface area contributed by atoms with Gasteiger partial charge in [0.15, 0.2) is 5.11 Å². The van der Waals surface area contributed by atoms with E-state index in [1.807, 2.05) is 0 Å². The molecule has 0 rings (SSSR count). The molecular weight excluding hydrogens is 204 g/mol. The second-order valence-electron chi connectivity index (χ2n) is 4.63. The summed E-state index contributed by atoms with van der Waals surface area (Å²) < 4.78 is 0. The van der Waals surface area contributed by atoms with E-state index in [1.54, 1.807) is 0 Å². The van der Waals surface area contributed by atoms with E-state index < -0.39 is 0 Å². The van der Waals surface area contributed by atoms with Crippen LogP contribution in [0.2, 0.25) is 0 Å². The van der Waals surface area contributed by atoms with Crippen molar-refractivity contribution in [2.45, 2.75) is 59.4 Å². The lowest BCUT2D eigenvalue weighted by Crippen LogP contribution is -2.40. The van der Waals surface area contributed by atoms with E-state index in [0.29, 0.717) is 6.04 Å². The molecule has 1 atom stereocenters. The molecule has 0 aliphatic heterocycles. The number of nitrogens with one attached hydrogen (secondary N) is 2. The Bertz CT molecular complexity index is 169. The van der Waals surface area contributed by atoms with E-state index in [-0.39, 0.29) is 0 Å². The van der Waals surface area contributed by atoms with Gasteiger partial charge >= 0.3 is 0 Å². The predicted molar refractivity (Wildman–Crippen MR) is 72.2 cm³/mol. The third-order valence-corrected chi connectivity index (χ3v) is 2.59. The zero-order valence-corrected chi connectivity index (χ0v) is 11.4. The third kappa shape index (κ3) is 9.98. The van der Waals surface area contributed by atoms with E-state index >= 15 is 0 Å². The van der Waals surface area contributed by atoms with Crippen LogP contribution in [0.5, 0.6) is 0 Å². The maximum absolute atomic E-state index is 5.18. The van der Waals surface area contributed by atoms with Crippen LogP contribution >= 0.6 is 12.2 Å². The minimum atomic E-state index is 0.487. The Morgan fingerprint density at radius 2 is 1.87 bits per heavy atom. The molecule has 0 saturated heterocycles. The maximum atomic E-state index is 5.18. The van der Waals surface area contributed by atoms with Crippen molar-refractivity contribution in [3.05, 3.63) is 0 Å². The molecule has 2 N–H and O–H groups in total. The molecule has 0 aromatic carbocycles. The van der Waals surface area contributed by atoms with Crippen LogP contribution in [0.4, 0.5) is 0 Å². The molecule has 0 aromatic rings. The molecule has 0 aliphatic rings. The molecule has 0 spiro atoms. The smallest absolute Gasteiger partial charge is 0.166 e. The number of hydrogen-bond acceptors (Lipinski definition) is 1. The van der Waals surface area contributed by atoms with Gasteiger partial charge in [0.05, 0.1) is 0 Å². The fraction of sp³-hybridized carbons (Fsp3) is 0.917. The average Bonchev–Trinajstić information content (AvgIpc) is 2.14. The molecule has 0 aliphatic carbocycles. The molecule has 3 heteroatoms. The molecule has 0 heterocycles. The highest BCUT2D eigenvalue weighted by Crippen LogP contribution is 2.07. The first-order valence-corrected chi connectivity index (χ1v) is 6.51. The van der Waals surface area contributed by atoms with Gasteiger partial charge in [-0.3, -0.25) is 0 Å². The molecule has 90 valence electrons. The van der Waals surface area contributed by atoms with E-state index in [9.17, 15) is 0 Å². The van der Waals surface area contributed by atoms with Crippen molar-refractivity contribution in [2.75, 3.05) is 6.54 Å². The SMILES string of the molecule is CCCNC(=S)NC(C)CCCC(C)C. The molecule has 15 heavy (non-hydrogen) atoms. The van der Waals surface area contributed by atoms with E-state index in [1.165, 1.54) is 19.3 Å². The lowest BCUT2D eigenvalue weighted by atomic mass is 10.0. The first-order valence-electron chi connectivity index (χ1n) is 6.10. The lowest BCUT2D eigenvalue weighted by Gasteiger charge is -2.17. The summed E-state index contributed by atoms with van der Waals surface area (Å²) in [6.07, 6.45) is 4.90. The first kappa shape index (κ1) is 14.7. The van der Waals surface area contributed by atoms with Gasteiger partial charge < -0.3 is 10.6 Å². The highest BCUT2D eigenvalue weighted by Gasteiger charge is 2.03. The average molecular weight is 230 g/mol. The molecule has 0 fully saturated rings. The monoisotopic (exact) mass is 230 g/mol. The van der Waals surface area contributed by atoms with Gasteiger partial charge in [-0.1, -0.05) is 33.6 Å². The Morgan fingerprint density at radius 3 is 2.40 bits per heavy atom. The van der Waals surface area contributed by atoms with Crippen molar-refractivity contribution < 1.29 is 0 Å². The summed E-state index contributed by atoms with van der Waals surface area (Å²) in [5, 5.41) is 7.29. The fourth-order valence-corrected chi connectivity index (χ4v) is 1.72. The van der Waals surface area contributed by atoms with Crippen LogP contribution in [0.3, 0.4) is 0 Å². The highest BCUT2D eigenvalue weighted by molar-refractivity contribution is 7.80. The summed E-state index contributed by atoms with van der Waals surface area (Å²) in [5.41, 5.74) is 0. The van der Waals surface area contributed by atoms with Gasteiger partial charge in [-0.05, 0) is 37.9 Å². The molecule has 2 nitrogen and oxygen atoms in total. The van der Waals surface area contributed by atoms with Gasteiger partial charge in [-0.2, -0.15) is 0 Å². The Balaban J connectivity index is 3.46. The highest BCUT2D eigenvalue weighted by atomic mass is 32.1. The Labute approximate surface area is 100 Å². The second-order valence-corrected chi connectivity index (χ2v) is 5.03. The number of thiocarbonyl (C=S) groups is 1. The van der Waals surface area contributed by atoms with Crippen LogP contribution in [-0.4, -0.2) is 17.7 Å². The summed E-state index contributed by atoms with van der Waals surface area (Å²) in [6, 6.07) is 0.487. The normalized spacial score (nSPS) is 12.6. The van der Waals surface area contributed by atoms with Crippen LogP contribution in [-0.2, 0) is 0 Å². The largest absolute Gasteiger partial charge is 0.363 e. The first-order chi connectivity index (χ1) is 7.06. The Kier molecular flexibility index (Phi) is 8.77.